The molecule has 0 spiro atoms. The molecule has 5 heteroatoms. The molecule has 0 saturated carbocycles. The molecule has 0 N–H and O–H groups in total. The van der Waals surface area contributed by atoms with Crippen LogP contribution in [0, 0.1) is 0 Å². The molecular formula is C72H39BN4. The van der Waals surface area contributed by atoms with E-state index in [1.54, 1.807) is 0 Å². The van der Waals surface area contributed by atoms with Gasteiger partial charge < -0.3 is 9.13 Å². The van der Waals surface area contributed by atoms with Crippen molar-refractivity contribution in [1.29, 1.82) is 0 Å². The Morgan fingerprint density at radius 2 is 0.766 bits per heavy atom. The van der Waals surface area contributed by atoms with Gasteiger partial charge in [0.05, 0.1) is 27.6 Å². The molecule has 0 fully saturated rings. The maximum absolute atomic E-state index is 5.08. The molecule has 0 aliphatic carbocycles. The number of benzene rings is 13. The van der Waals surface area contributed by atoms with E-state index in [1.165, 1.54) is 136 Å². The van der Waals surface area contributed by atoms with Crippen molar-refractivity contribution in [2.24, 2.45) is 0 Å². The predicted molar refractivity (Wildman–Crippen MR) is 326 cm³/mol. The van der Waals surface area contributed by atoms with Gasteiger partial charge in [0.15, 0.2) is 0 Å². The van der Waals surface area contributed by atoms with Gasteiger partial charge in [0.2, 0.25) is 0 Å². The molecule has 0 saturated heterocycles. The van der Waals surface area contributed by atoms with Gasteiger partial charge in [0.25, 0.3) is 6.71 Å². The van der Waals surface area contributed by atoms with E-state index in [9.17, 15) is 0 Å². The zero-order chi connectivity index (χ0) is 49.8. The lowest BCUT2D eigenvalue weighted by Crippen LogP contribution is -2.59. The topological polar surface area (TPSA) is 35.6 Å². The summed E-state index contributed by atoms with van der Waals surface area (Å²) in [5, 5.41) is 22.8. The Bertz CT molecular complexity index is 5570. The first-order chi connectivity index (χ1) is 38.2. The van der Waals surface area contributed by atoms with E-state index in [4.69, 9.17) is 9.97 Å². The van der Waals surface area contributed by atoms with Crippen LogP contribution in [0.1, 0.15) is 0 Å². The number of nitrogens with zero attached hydrogens (tertiary/aromatic N) is 4. The van der Waals surface area contributed by atoms with Crippen molar-refractivity contribution < 1.29 is 0 Å². The zero-order valence-electron chi connectivity index (χ0n) is 41.4. The molecule has 17 aromatic rings. The fourth-order valence-corrected chi connectivity index (χ4v) is 14.7. The summed E-state index contributed by atoms with van der Waals surface area (Å²) in [6.07, 6.45) is 4.11. The Hall–Kier alpha value is -10.1. The molecule has 4 nitrogen and oxygen atoms in total. The van der Waals surface area contributed by atoms with Gasteiger partial charge in [-0.25, -0.2) is 0 Å². The molecule has 350 valence electrons. The third-order valence-electron chi connectivity index (χ3n) is 17.8. The maximum Gasteiger partial charge on any atom is 0.252 e. The normalized spacial score (nSPS) is 12.9. The van der Waals surface area contributed by atoms with Gasteiger partial charge in [-0.1, -0.05) is 164 Å². The standard InChI is InChI=1S/C72H39BN4/c1-11-24-60-41(14-1)32-44(38-74-60)40-28-30-62-55(34-40)57-35-43(45-33-42-15-2-12-25-61(42)75-39-45)36-58-71(57)76(62)64-26-13-27-65-70(64)73(58)59-37-56-51-21-6-4-17-47(51)49-19-8-10-23-53(49)67(56)69-68-63(77(65)72(59)69)31-29-54-50-20-5-3-16-46(50)48-18-7-9-22-52(48)66(54)68/h1-39H. The Morgan fingerprint density at radius 1 is 0.286 bits per heavy atom. The van der Waals surface area contributed by atoms with Gasteiger partial charge >= 0.3 is 0 Å². The molecule has 0 amide bonds. The Balaban J connectivity index is 1.02. The summed E-state index contributed by atoms with van der Waals surface area (Å²) in [4.78, 5) is 10.0. The Kier molecular flexibility index (Phi) is 7.53. The van der Waals surface area contributed by atoms with E-state index in [0.29, 0.717) is 0 Å². The molecule has 77 heavy (non-hydrogen) atoms. The summed E-state index contributed by atoms with van der Waals surface area (Å²) in [5.41, 5.74) is 17.9. The third-order valence-corrected chi connectivity index (χ3v) is 17.8. The van der Waals surface area contributed by atoms with Gasteiger partial charge in [0.1, 0.15) is 0 Å². The van der Waals surface area contributed by atoms with Crippen LogP contribution in [-0.2, 0) is 0 Å². The first-order valence-corrected chi connectivity index (χ1v) is 26.7. The molecule has 4 aromatic heterocycles. The number of para-hydroxylation sites is 2. The molecule has 2 aliphatic rings. The molecule has 2 aliphatic heterocycles. The number of aromatic nitrogens is 4. The minimum atomic E-state index is -0.101. The Labute approximate surface area is 440 Å². The van der Waals surface area contributed by atoms with Gasteiger partial charge in [-0.2, -0.15) is 0 Å². The first kappa shape index (κ1) is 40.3. The average Bonchev–Trinajstić information content (AvgIpc) is 3.68. The minimum absolute atomic E-state index is 0.101. The summed E-state index contributed by atoms with van der Waals surface area (Å²) >= 11 is 0. The fourth-order valence-electron chi connectivity index (χ4n) is 14.7. The largest absolute Gasteiger partial charge is 0.310 e. The average molecular weight is 971 g/mol. The van der Waals surface area contributed by atoms with Crippen LogP contribution in [0.2, 0.25) is 0 Å². The second kappa shape index (κ2) is 14.4. The van der Waals surface area contributed by atoms with Crippen LogP contribution >= 0.6 is 0 Å². The smallest absolute Gasteiger partial charge is 0.252 e. The number of rotatable bonds is 2. The summed E-state index contributed by atoms with van der Waals surface area (Å²) in [5.74, 6) is 0. The summed E-state index contributed by atoms with van der Waals surface area (Å²) < 4.78 is 5.25. The van der Waals surface area contributed by atoms with Gasteiger partial charge in [0, 0.05) is 83.5 Å². The highest BCUT2D eigenvalue weighted by molar-refractivity contribution is 7.00. The zero-order valence-corrected chi connectivity index (χ0v) is 41.4. The van der Waals surface area contributed by atoms with Crippen LogP contribution in [0.5, 0.6) is 0 Å². The van der Waals surface area contributed by atoms with Crippen molar-refractivity contribution in [3.05, 3.63) is 237 Å². The van der Waals surface area contributed by atoms with E-state index in [1.807, 2.05) is 6.20 Å². The molecule has 0 unspecified atom stereocenters. The van der Waals surface area contributed by atoms with E-state index in [2.05, 4.69) is 240 Å². The van der Waals surface area contributed by atoms with Crippen molar-refractivity contribution in [3.8, 4) is 33.6 Å². The lowest BCUT2D eigenvalue weighted by Gasteiger charge is -2.34. The lowest BCUT2D eigenvalue weighted by molar-refractivity contribution is 1.14. The quantitative estimate of drug-likeness (QED) is 0.128. The van der Waals surface area contributed by atoms with Gasteiger partial charge in [-0.3, -0.25) is 9.97 Å². The van der Waals surface area contributed by atoms with E-state index in [0.717, 1.165) is 44.1 Å². The summed E-state index contributed by atoms with van der Waals surface area (Å²) in [6.45, 7) is -0.101. The van der Waals surface area contributed by atoms with Gasteiger partial charge in [-0.15, -0.1) is 0 Å². The van der Waals surface area contributed by atoms with E-state index >= 15 is 0 Å². The molecule has 6 heterocycles. The van der Waals surface area contributed by atoms with Crippen molar-refractivity contribution in [1.82, 2.24) is 19.1 Å². The second-order valence-electron chi connectivity index (χ2n) is 21.5. The number of hydrogen-bond donors (Lipinski definition) is 0. The number of hydrogen-bond acceptors (Lipinski definition) is 2. The van der Waals surface area contributed by atoms with Crippen LogP contribution in [-0.4, -0.2) is 25.8 Å². The molecule has 0 bridgehead atoms. The molecular weight excluding hydrogens is 932 g/mol. The lowest BCUT2D eigenvalue weighted by atomic mass is 9.34. The van der Waals surface area contributed by atoms with Crippen LogP contribution < -0.4 is 16.4 Å². The van der Waals surface area contributed by atoms with E-state index in [-0.39, 0.29) is 6.71 Å². The predicted octanol–water partition coefficient (Wildman–Crippen LogP) is 16.4. The maximum atomic E-state index is 5.08. The van der Waals surface area contributed by atoms with Crippen molar-refractivity contribution >= 4 is 153 Å². The van der Waals surface area contributed by atoms with Crippen LogP contribution in [0.15, 0.2) is 237 Å². The number of pyridine rings is 2. The number of fused-ring (bicyclic) bond motifs is 26. The molecule has 19 rings (SSSR count). The molecule has 0 radical (unpaired) electrons. The van der Waals surface area contributed by atoms with Crippen molar-refractivity contribution in [2.45, 2.75) is 0 Å². The SMILES string of the molecule is c1cc2c3c(c1)-n1c4ccc5c6ccccc6c6ccccc6c5c4c4c5c6ccccc6c6ccccc6c5cc(c41)B3c1cc(-c3cnc4ccccc4c3)cc3c4cc(-c5cnc6ccccc6c5)ccc4n-2c13. The van der Waals surface area contributed by atoms with Crippen molar-refractivity contribution in [3.63, 3.8) is 0 Å². The first-order valence-electron chi connectivity index (χ1n) is 26.7. The van der Waals surface area contributed by atoms with Gasteiger partial charge in [-0.05, 0) is 142 Å². The van der Waals surface area contributed by atoms with Crippen LogP contribution in [0.3, 0.4) is 0 Å². The molecule has 13 aromatic carbocycles. The third kappa shape index (κ3) is 5.09. The highest BCUT2D eigenvalue weighted by atomic mass is 15.0. The van der Waals surface area contributed by atoms with Crippen LogP contribution in [0.4, 0.5) is 0 Å². The minimum Gasteiger partial charge on any atom is -0.310 e. The molecule has 0 atom stereocenters. The Morgan fingerprint density at radius 3 is 1.40 bits per heavy atom. The summed E-state index contributed by atoms with van der Waals surface area (Å²) in [6, 6.07) is 84.4. The fraction of sp³-hybridized carbons (Fsp3) is 0. The van der Waals surface area contributed by atoms with Crippen LogP contribution in [0.25, 0.3) is 164 Å². The monoisotopic (exact) mass is 970 g/mol. The van der Waals surface area contributed by atoms with Crippen molar-refractivity contribution in [2.75, 3.05) is 0 Å². The summed E-state index contributed by atoms with van der Waals surface area (Å²) in [7, 11) is 0. The second-order valence-corrected chi connectivity index (χ2v) is 21.5. The highest BCUT2D eigenvalue weighted by Gasteiger charge is 2.42. The highest BCUT2D eigenvalue weighted by Crippen LogP contribution is 2.50. The van der Waals surface area contributed by atoms with E-state index < -0.39 is 0 Å².